The summed E-state index contributed by atoms with van der Waals surface area (Å²) in [7, 11) is 7.07. The Kier molecular flexibility index (Phi) is 19.5. The van der Waals surface area contributed by atoms with Crippen molar-refractivity contribution in [2.24, 2.45) is 11.8 Å². The van der Waals surface area contributed by atoms with Crippen LogP contribution in [0, 0.1) is 23.2 Å². The van der Waals surface area contributed by atoms with Crippen molar-refractivity contribution in [2.75, 3.05) is 32.8 Å². The molecular formula is C51H69BN7O9P. The highest BCUT2D eigenvalue weighted by atomic mass is 31.2. The van der Waals surface area contributed by atoms with Crippen LogP contribution in [0.25, 0.3) is 11.2 Å². The number of fused-ring (bicyclic) bond motifs is 1. The fraction of sp³-hybridized carbons (Fsp3) is 0.510. The molecule has 0 bridgehead atoms. The first kappa shape index (κ1) is 54.8. The van der Waals surface area contributed by atoms with Gasteiger partial charge in [-0.25, -0.2) is 9.65 Å². The molecule has 18 heteroatoms. The van der Waals surface area contributed by atoms with Crippen LogP contribution in [0.3, 0.4) is 0 Å². The van der Waals surface area contributed by atoms with E-state index in [-0.39, 0.29) is 66.0 Å². The summed E-state index contributed by atoms with van der Waals surface area (Å²) in [6.45, 7) is 20.0. The molecule has 0 aliphatic carbocycles. The number of carbonyl (C=O) groups is 1. The number of nitriles is 1. The van der Waals surface area contributed by atoms with E-state index >= 15 is 0 Å². The van der Waals surface area contributed by atoms with E-state index in [9.17, 15) is 20.0 Å². The molecule has 5 aromatic rings. The first-order valence-corrected chi connectivity index (χ1v) is 24.5. The Morgan fingerprint density at radius 1 is 0.942 bits per heavy atom. The minimum atomic E-state index is -1.88. The highest BCUT2D eigenvalue weighted by Gasteiger charge is 2.50. The molecule has 3 N–H and O–H groups in total. The Morgan fingerprint density at radius 2 is 1.51 bits per heavy atom. The number of nitrogens with one attached hydrogen (secondary N) is 2. The minimum Gasteiger partial charge on any atom is -0.497 e. The van der Waals surface area contributed by atoms with E-state index in [0.717, 1.165) is 29.0 Å². The Bertz CT molecular complexity index is 2440. The number of aliphatic hydroxyl groups excluding tert-OH is 1. The molecule has 1 amide bonds. The molecule has 1 fully saturated rings. The number of aromatic nitrogens is 4. The molecule has 1 saturated heterocycles. The molecule has 0 spiro atoms. The number of hydrogen-bond donors (Lipinski definition) is 3. The average molecular weight is 966 g/mol. The Hall–Kier alpha value is -5.18. The standard InChI is InChI=1S/C44H54N7O9P.C7H15B/c1-27(2)40(53)48-43-47-39-36(41(54)49-43)46-26-50(39)42-37(52)38(60-61(58-24-12-23-45)51(28(3)4)29(5)6)35(59-42)25-57-44(30-13-10-9-11-14-30,31-15-19-33(55-7)20-16-31)32-17-21-34(56-8)22-18-32;1-6(2)5-7(3,4)8/h9-11,13-22,26-29,35,37-38,42,52H,12,24-25H2,1-8H3,(H2,47,48,49,53,54);6H,5H2,1-4H3. The molecule has 2 aromatic heterocycles. The van der Waals surface area contributed by atoms with Gasteiger partial charge < -0.3 is 33.1 Å². The van der Waals surface area contributed by atoms with E-state index in [1.54, 1.807) is 28.1 Å². The maximum atomic E-state index is 13.2. The van der Waals surface area contributed by atoms with Crippen LogP contribution in [0.1, 0.15) is 105 Å². The summed E-state index contributed by atoms with van der Waals surface area (Å²) in [6, 6.07) is 27.1. The highest BCUT2D eigenvalue weighted by molar-refractivity contribution is 7.44. The van der Waals surface area contributed by atoms with E-state index in [2.05, 4.69) is 58.7 Å². The molecule has 5 atom stereocenters. The van der Waals surface area contributed by atoms with Crippen LogP contribution < -0.4 is 20.3 Å². The number of H-pyrrole nitrogens is 1. The van der Waals surface area contributed by atoms with Gasteiger partial charge in [-0.3, -0.25) is 24.5 Å². The lowest BCUT2D eigenvalue weighted by Crippen LogP contribution is -2.42. The largest absolute Gasteiger partial charge is 0.497 e. The molecule has 16 nitrogen and oxygen atoms in total. The maximum Gasteiger partial charge on any atom is 0.280 e. The Morgan fingerprint density at radius 3 is 1.99 bits per heavy atom. The molecule has 370 valence electrons. The zero-order chi connectivity index (χ0) is 50.6. The van der Waals surface area contributed by atoms with Crippen LogP contribution in [-0.2, 0) is 28.9 Å². The summed E-state index contributed by atoms with van der Waals surface area (Å²) in [6.07, 6.45) is -2.04. The second-order valence-corrected chi connectivity index (χ2v) is 20.4. The number of ether oxygens (including phenoxy) is 4. The summed E-state index contributed by atoms with van der Waals surface area (Å²) in [4.78, 5) is 37.3. The lowest BCUT2D eigenvalue weighted by atomic mass is 9.68. The summed E-state index contributed by atoms with van der Waals surface area (Å²) in [5.74, 6) is 1.23. The molecule has 1 aliphatic heterocycles. The van der Waals surface area contributed by atoms with Crippen molar-refractivity contribution in [3.8, 4) is 17.6 Å². The number of aliphatic hydroxyl groups is 1. The smallest absolute Gasteiger partial charge is 0.280 e. The predicted octanol–water partition coefficient (Wildman–Crippen LogP) is 9.06. The van der Waals surface area contributed by atoms with Gasteiger partial charge in [-0.05, 0) is 74.6 Å². The minimum absolute atomic E-state index is 0.0220. The zero-order valence-corrected chi connectivity index (χ0v) is 42.9. The highest BCUT2D eigenvalue weighted by Crippen LogP contribution is 2.51. The molecule has 69 heavy (non-hydrogen) atoms. The van der Waals surface area contributed by atoms with Crippen molar-refractivity contribution in [1.82, 2.24) is 24.2 Å². The topological polar surface area (TPSA) is 195 Å². The van der Waals surface area contributed by atoms with Gasteiger partial charge in [-0.2, -0.15) is 10.2 Å². The maximum absolute atomic E-state index is 13.2. The molecule has 1 aliphatic rings. The van der Waals surface area contributed by atoms with Crippen LogP contribution in [0.2, 0.25) is 5.31 Å². The van der Waals surface area contributed by atoms with Crippen LogP contribution in [0.4, 0.5) is 5.95 Å². The van der Waals surface area contributed by atoms with E-state index in [1.807, 2.05) is 107 Å². The van der Waals surface area contributed by atoms with Crippen molar-refractivity contribution >= 4 is 39.4 Å². The summed E-state index contributed by atoms with van der Waals surface area (Å²) >= 11 is 0. The first-order valence-electron chi connectivity index (χ1n) is 23.4. The third-order valence-electron chi connectivity index (χ3n) is 11.2. The number of carbonyl (C=O) groups excluding carboxylic acids is 1. The fourth-order valence-corrected chi connectivity index (χ4v) is 10.2. The molecule has 3 heterocycles. The molecule has 6 rings (SSSR count). The van der Waals surface area contributed by atoms with E-state index in [0.29, 0.717) is 11.5 Å². The number of aromatic amines is 1. The van der Waals surface area contributed by atoms with E-state index in [1.165, 1.54) is 10.9 Å². The quantitative estimate of drug-likeness (QED) is 0.0273. The van der Waals surface area contributed by atoms with E-state index < -0.39 is 44.2 Å². The van der Waals surface area contributed by atoms with Crippen LogP contribution in [0.5, 0.6) is 11.5 Å². The van der Waals surface area contributed by atoms with Crippen molar-refractivity contribution in [1.29, 1.82) is 5.26 Å². The van der Waals surface area contributed by atoms with Gasteiger partial charge in [0.25, 0.3) is 14.1 Å². The van der Waals surface area contributed by atoms with Gasteiger partial charge in [0.1, 0.15) is 35.4 Å². The predicted molar refractivity (Wildman–Crippen MR) is 269 cm³/mol. The number of methoxy groups -OCH3 is 2. The van der Waals surface area contributed by atoms with Gasteiger partial charge in [-0.15, -0.1) is 0 Å². The first-order chi connectivity index (χ1) is 32.7. The number of benzene rings is 3. The van der Waals surface area contributed by atoms with Crippen molar-refractivity contribution in [3.63, 3.8) is 0 Å². The van der Waals surface area contributed by atoms with Crippen molar-refractivity contribution in [2.45, 2.75) is 130 Å². The summed E-state index contributed by atoms with van der Waals surface area (Å²) < 4.78 is 41.8. The second-order valence-electron chi connectivity index (χ2n) is 19.0. The number of amides is 1. The third kappa shape index (κ3) is 13.8. The molecule has 3 aromatic carbocycles. The van der Waals surface area contributed by atoms with Gasteiger partial charge in [0.15, 0.2) is 17.4 Å². The number of anilines is 1. The molecule has 0 saturated carbocycles. The summed E-state index contributed by atoms with van der Waals surface area (Å²) in [5, 5.41) is 24.5. The molecular weight excluding hydrogens is 896 g/mol. The van der Waals surface area contributed by atoms with Gasteiger partial charge in [0.2, 0.25) is 11.9 Å². The summed E-state index contributed by atoms with van der Waals surface area (Å²) in [5.41, 5.74) is 0.591. The Balaban J connectivity index is 0.00000102. The second kappa shape index (κ2) is 24.6. The van der Waals surface area contributed by atoms with Gasteiger partial charge in [-0.1, -0.05) is 108 Å². The SMILES string of the molecule is COc1ccc(C(OCC2OC(n3cnc4c(=O)[nH]c(NC(=O)C(C)C)nc43)C(O)C2OP(OCCC#N)N(C(C)C)C(C)C)(c2ccccc2)c2ccc(OC)cc2)cc1.[B]C(C)(C)CC(C)C. The van der Waals surface area contributed by atoms with Crippen LogP contribution in [0.15, 0.2) is 90.0 Å². The van der Waals surface area contributed by atoms with Crippen molar-refractivity contribution < 1.29 is 37.9 Å². The van der Waals surface area contributed by atoms with Gasteiger partial charge in [0.05, 0.1) is 54.1 Å². The zero-order valence-electron chi connectivity index (χ0n) is 42.0. The lowest BCUT2D eigenvalue weighted by Gasteiger charge is -2.39. The third-order valence-corrected chi connectivity index (χ3v) is 13.4. The number of rotatable bonds is 21. The van der Waals surface area contributed by atoms with Gasteiger partial charge >= 0.3 is 0 Å². The number of hydrogen-bond acceptors (Lipinski definition) is 13. The van der Waals surface area contributed by atoms with Crippen LogP contribution >= 0.6 is 8.53 Å². The number of nitrogens with zero attached hydrogens (tertiary/aromatic N) is 5. The number of imidazole rings is 1. The Labute approximate surface area is 409 Å². The normalized spacial score (nSPS) is 17.9. The lowest BCUT2D eigenvalue weighted by molar-refractivity contribution is -0.118. The monoisotopic (exact) mass is 965 g/mol. The van der Waals surface area contributed by atoms with Gasteiger partial charge in [0, 0.05) is 18.0 Å². The van der Waals surface area contributed by atoms with Crippen molar-refractivity contribution in [3.05, 3.63) is 112 Å². The fourth-order valence-electron chi connectivity index (χ4n) is 8.38. The average Bonchev–Trinajstić information content (AvgIpc) is 3.86. The van der Waals surface area contributed by atoms with Crippen LogP contribution in [-0.4, -0.2) is 101 Å². The molecule has 2 radical (unpaired) electrons. The van der Waals surface area contributed by atoms with E-state index in [4.69, 9.17) is 35.8 Å². The molecule has 5 unspecified atom stereocenters.